The van der Waals surface area contributed by atoms with Crippen LogP contribution in [-0.2, 0) is 43.2 Å². The third kappa shape index (κ3) is 7.99. The number of aromatic hydroxyl groups is 2. The monoisotopic (exact) mass is 853 g/mol. The molecule has 3 aliphatic heterocycles. The number of nitrogen functional groups attached to an aromatic ring is 1. The molecule has 1 aromatic heterocycles. The predicted molar refractivity (Wildman–Crippen MR) is 196 cm³/mol. The van der Waals surface area contributed by atoms with Crippen molar-refractivity contribution in [1.82, 2.24) is 35.9 Å². The van der Waals surface area contributed by atoms with Crippen LogP contribution in [0.25, 0.3) is 0 Å². The number of amides is 6. The number of phenols is 2. The normalized spacial score (nSPS) is 21.1. The van der Waals surface area contributed by atoms with Gasteiger partial charge in [0.05, 0.1) is 18.1 Å². The maximum Gasteiger partial charge on any atom is 0.350 e. The number of nitrogens with zero attached hydrogens (tertiary/aromatic N) is 6. The second kappa shape index (κ2) is 16.0. The Morgan fingerprint density at radius 1 is 1.09 bits per heavy atom. The third-order valence-electron chi connectivity index (χ3n) is 8.57. The van der Waals surface area contributed by atoms with Crippen LogP contribution in [0.1, 0.15) is 31.5 Å². The molecule has 0 aliphatic carbocycles. The number of piperazine rings is 1. The zero-order valence-electron chi connectivity index (χ0n) is 29.4. The number of thioether (sulfide) groups is 1. The van der Waals surface area contributed by atoms with Gasteiger partial charge in [-0.15, -0.1) is 11.3 Å². The standard InChI is InChI=1S/C30H32ClN11O13S2/c1-29(2,26(51)52)55-39-17(12-9-56-28(32)35-12)21(47)36-18-22(48)40-10-30(27(53)54,57-25(18)40)41-7-8-42(24(50)23(41)49)38-14(44)5-6-34-20(46)16(37-33)11-3-4-13(43)19(45)15(11)31/h3-4,9,18,25,43,45H,5-8,10,33H2,1-2H3,(H2,32,35)(H,34,46)(H,36,47)(H,38,44)(H,51,52)(H,53,54)/b37-16-,39-17-/t18-,25-,30-/m1/s1. The van der Waals surface area contributed by atoms with Crippen molar-refractivity contribution in [2.75, 3.05) is 31.9 Å². The van der Waals surface area contributed by atoms with Crippen molar-refractivity contribution in [2.45, 2.75) is 42.2 Å². The zero-order chi connectivity index (χ0) is 42.1. The van der Waals surface area contributed by atoms with E-state index in [0.29, 0.717) is 16.8 Å². The molecule has 0 unspecified atom stereocenters. The SMILES string of the molecule is CC(C)(O/N=C(\C(=O)N[C@@H]1C(=O)N2C[C@@](C(=O)O)(N3CCN(NC(=O)CCNC(=O)/C(=N\N)c4ccc(O)c(O)c4Cl)C(=O)C3=O)S[C@H]12)c1csc(N)n1)C(=O)O. The van der Waals surface area contributed by atoms with Crippen molar-refractivity contribution >= 4 is 98.6 Å². The predicted octanol–water partition coefficient (Wildman–Crippen LogP) is -2.87. The van der Waals surface area contributed by atoms with Gasteiger partial charge in [-0.2, -0.15) is 5.10 Å². The maximum atomic E-state index is 13.4. The molecule has 304 valence electrons. The quantitative estimate of drug-likeness (QED) is 0.0230. The van der Waals surface area contributed by atoms with Crippen molar-refractivity contribution in [3.63, 3.8) is 0 Å². The molecule has 0 spiro atoms. The summed E-state index contributed by atoms with van der Waals surface area (Å²) in [4.78, 5) is 111. The van der Waals surface area contributed by atoms with Gasteiger partial charge < -0.3 is 57.3 Å². The molecule has 5 rings (SSSR count). The number of carboxylic acid groups (broad SMARTS) is 2. The fraction of sp³-hybridized carbons (Fsp3) is 0.367. The number of nitrogens with two attached hydrogens (primary N) is 2. The molecule has 0 bridgehead atoms. The Balaban J connectivity index is 1.20. The van der Waals surface area contributed by atoms with E-state index < -0.39 is 117 Å². The minimum atomic E-state index is -2.19. The lowest BCUT2D eigenvalue weighted by molar-refractivity contribution is -0.168. The van der Waals surface area contributed by atoms with E-state index in [4.69, 9.17) is 28.0 Å². The van der Waals surface area contributed by atoms with Gasteiger partial charge in [0.15, 0.2) is 28.1 Å². The number of carbonyl (C=O) groups excluding carboxylic acids is 6. The van der Waals surface area contributed by atoms with Crippen LogP contribution in [-0.4, -0.2) is 147 Å². The number of β-lactam (4-membered cyclic amide) rings is 1. The van der Waals surface area contributed by atoms with Crippen LogP contribution in [0.5, 0.6) is 11.5 Å². The lowest BCUT2D eigenvalue weighted by Gasteiger charge is -2.41. The largest absolute Gasteiger partial charge is 0.504 e. The molecule has 0 saturated carbocycles. The number of phenolic OH excluding ortho intramolecular Hbond substituents is 2. The van der Waals surface area contributed by atoms with Crippen LogP contribution in [0.15, 0.2) is 27.8 Å². The number of halogens is 1. The molecule has 24 nitrogen and oxygen atoms in total. The number of hydrogen-bond acceptors (Lipinski definition) is 18. The summed E-state index contributed by atoms with van der Waals surface area (Å²) in [5.74, 6) is -5.14. The summed E-state index contributed by atoms with van der Waals surface area (Å²) in [7, 11) is 0. The summed E-state index contributed by atoms with van der Waals surface area (Å²) in [6.45, 7) is 0.629. The highest BCUT2D eigenvalue weighted by Gasteiger charge is 2.66. The van der Waals surface area contributed by atoms with Gasteiger partial charge in [-0.25, -0.2) is 19.6 Å². The minimum Gasteiger partial charge on any atom is -0.504 e. The van der Waals surface area contributed by atoms with E-state index in [9.17, 15) is 58.8 Å². The van der Waals surface area contributed by atoms with E-state index in [-0.39, 0.29) is 29.5 Å². The topological polar surface area (TPSA) is 362 Å². The Kier molecular flexibility index (Phi) is 11.7. The lowest BCUT2D eigenvalue weighted by atomic mass is 10.0. The van der Waals surface area contributed by atoms with Crippen molar-refractivity contribution in [3.8, 4) is 11.5 Å². The molecule has 0 radical (unpaired) electrons. The number of nitrogens with one attached hydrogen (secondary N) is 3. The summed E-state index contributed by atoms with van der Waals surface area (Å²) >= 11 is 7.51. The molecule has 57 heavy (non-hydrogen) atoms. The van der Waals surface area contributed by atoms with Gasteiger partial charge in [0.25, 0.3) is 11.8 Å². The summed E-state index contributed by atoms with van der Waals surface area (Å²) < 4.78 is 0. The number of aromatic nitrogens is 1. The number of anilines is 1. The Hall–Kier alpha value is -6.41. The second-order valence-electron chi connectivity index (χ2n) is 12.7. The fourth-order valence-corrected chi connectivity index (χ4v) is 7.91. The molecule has 3 aliphatic rings. The molecule has 1 aromatic carbocycles. The fourth-order valence-electron chi connectivity index (χ4n) is 5.47. The number of benzene rings is 1. The minimum absolute atomic E-state index is 0.0307. The van der Waals surface area contributed by atoms with E-state index in [1.807, 2.05) is 0 Å². The van der Waals surface area contributed by atoms with Crippen molar-refractivity contribution in [3.05, 3.63) is 33.8 Å². The van der Waals surface area contributed by atoms with Gasteiger partial charge in [0, 0.05) is 30.5 Å². The van der Waals surface area contributed by atoms with Crippen LogP contribution in [0.4, 0.5) is 5.13 Å². The third-order valence-corrected chi connectivity index (χ3v) is 11.3. The molecule has 3 fully saturated rings. The van der Waals surface area contributed by atoms with Crippen LogP contribution in [0, 0.1) is 0 Å². The average Bonchev–Trinajstić information content (AvgIpc) is 3.75. The molecular formula is C30H32ClN11O13S2. The van der Waals surface area contributed by atoms with Gasteiger partial charge in [0.1, 0.15) is 17.1 Å². The number of thiazole rings is 1. The Bertz CT molecular complexity index is 2150. The first kappa shape index (κ1) is 41.7. The van der Waals surface area contributed by atoms with Crippen LogP contribution >= 0.6 is 34.7 Å². The van der Waals surface area contributed by atoms with Gasteiger partial charge in [-0.1, -0.05) is 28.5 Å². The zero-order valence-corrected chi connectivity index (χ0v) is 31.8. The highest BCUT2D eigenvalue weighted by Crippen LogP contribution is 2.49. The second-order valence-corrected chi connectivity index (χ2v) is 15.3. The van der Waals surface area contributed by atoms with E-state index in [2.05, 4.69) is 31.3 Å². The first-order valence-electron chi connectivity index (χ1n) is 16.2. The molecule has 27 heteroatoms. The number of rotatable bonds is 14. The van der Waals surface area contributed by atoms with Crippen molar-refractivity contribution in [2.24, 2.45) is 16.1 Å². The van der Waals surface area contributed by atoms with Gasteiger partial charge in [-0.3, -0.25) is 34.2 Å². The van der Waals surface area contributed by atoms with Crippen LogP contribution < -0.4 is 27.6 Å². The highest BCUT2D eigenvalue weighted by molar-refractivity contribution is 8.02. The molecule has 3 atom stereocenters. The number of fused-ring (bicyclic) bond motifs is 1. The van der Waals surface area contributed by atoms with Gasteiger partial charge in [-0.05, 0) is 26.0 Å². The number of aliphatic carboxylic acids is 2. The Morgan fingerprint density at radius 3 is 2.40 bits per heavy atom. The van der Waals surface area contributed by atoms with E-state index in [1.54, 1.807) is 0 Å². The van der Waals surface area contributed by atoms with Crippen LogP contribution in [0.3, 0.4) is 0 Å². The molecule has 11 N–H and O–H groups in total. The molecular weight excluding hydrogens is 822 g/mol. The lowest BCUT2D eigenvalue weighted by Crippen LogP contribution is -2.69. The number of hydrogen-bond donors (Lipinski definition) is 9. The highest BCUT2D eigenvalue weighted by atomic mass is 35.5. The number of oxime groups is 1. The van der Waals surface area contributed by atoms with E-state index in [0.717, 1.165) is 27.2 Å². The maximum absolute atomic E-state index is 13.4. The van der Waals surface area contributed by atoms with E-state index >= 15 is 0 Å². The van der Waals surface area contributed by atoms with E-state index in [1.165, 1.54) is 25.3 Å². The number of hydrazine groups is 1. The first-order chi connectivity index (χ1) is 26.7. The first-order valence-corrected chi connectivity index (χ1v) is 18.3. The Labute approximate surface area is 332 Å². The molecule has 6 amide bonds. The summed E-state index contributed by atoms with van der Waals surface area (Å²) in [5.41, 5.74) is 4.80. The van der Waals surface area contributed by atoms with Crippen LogP contribution in [0.2, 0.25) is 5.02 Å². The number of carboxylic acids is 2. The summed E-state index contributed by atoms with van der Waals surface area (Å²) in [6.07, 6.45) is -0.438. The Morgan fingerprint density at radius 2 is 1.79 bits per heavy atom. The number of hydrazone groups is 1. The van der Waals surface area contributed by atoms with Crippen molar-refractivity contribution in [1.29, 1.82) is 0 Å². The summed E-state index contributed by atoms with van der Waals surface area (Å²) in [5, 5.41) is 51.5. The van der Waals surface area contributed by atoms with Crippen molar-refractivity contribution < 1.29 is 63.6 Å². The number of carbonyl (C=O) groups is 8. The van der Waals surface area contributed by atoms with Gasteiger partial charge in [0.2, 0.25) is 22.3 Å². The summed E-state index contributed by atoms with van der Waals surface area (Å²) in [6, 6.07) is 0.856. The molecule has 3 saturated heterocycles. The molecule has 4 heterocycles. The van der Waals surface area contributed by atoms with Gasteiger partial charge >= 0.3 is 23.8 Å². The molecule has 2 aromatic rings. The average molecular weight is 854 g/mol. The smallest absolute Gasteiger partial charge is 0.350 e.